The van der Waals surface area contributed by atoms with Crippen molar-refractivity contribution in [2.75, 3.05) is 44.8 Å². The Kier molecular flexibility index (Phi) is 8.83. The summed E-state index contributed by atoms with van der Waals surface area (Å²) in [6.45, 7) is 6.30. The molecule has 0 unspecified atom stereocenters. The van der Waals surface area contributed by atoms with Gasteiger partial charge < -0.3 is 29.9 Å². The normalized spacial score (nSPS) is 18.5. The molecule has 3 N–H and O–H groups in total. The van der Waals surface area contributed by atoms with Gasteiger partial charge in [-0.3, -0.25) is 14.5 Å². The summed E-state index contributed by atoms with van der Waals surface area (Å²) >= 11 is 0. The molecule has 0 spiro atoms. The summed E-state index contributed by atoms with van der Waals surface area (Å²) in [4.78, 5) is 47.6. The Morgan fingerprint density at radius 1 is 0.941 bits per heavy atom. The minimum Gasteiger partial charge on any atom is -0.473 e. The Morgan fingerprint density at radius 3 is 2.09 bits per heavy atom. The number of carboxylic acid groups (broad SMARTS) is 2. The monoisotopic (exact) mass is 477 g/mol. The number of nitrogens with zero attached hydrogens (tertiary/aromatic N) is 2. The highest BCUT2D eigenvalue weighted by molar-refractivity contribution is 6.27. The fraction of sp³-hybridized carbons (Fsp3) is 0.565. The van der Waals surface area contributed by atoms with Gasteiger partial charge in [-0.05, 0) is 51.8 Å². The summed E-state index contributed by atoms with van der Waals surface area (Å²) in [5, 5.41) is 17.7. The quantitative estimate of drug-likeness (QED) is 0.423. The second kappa shape index (κ2) is 11.8. The van der Waals surface area contributed by atoms with E-state index in [1.165, 1.54) is 39.3 Å². The number of carbonyl (C=O) groups is 4. The van der Waals surface area contributed by atoms with Crippen molar-refractivity contribution >= 4 is 29.3 Å². The molecule has 11 nitrogen and oxygen atoms in total. The van der Waals surface area contributed by atoms with E-state index in [2.05, 4.69) is 15.1 Å². The van der Waals surface area contributed by atoms with Crippen LogP contribution in [0.25, 0.3) is 0 Å². The Balaban J connectivity index is 0.000000481. The van der Waals surface area contributed by atoms with Crippen LogP contribution in [0.2, 0.25) is 0 Å². The van der Waals surface area contributed by atoms with Crippen LogP contribution in [-0.2, 0) is 14.4 Å². The van der Waals surface area contributed by atoms with Crippen LogP contribution in [-0.4, -0.2) is 89.2 Å². The van der Waals surface area contributed by atoms with E-state index in [4.69, 9.17) is 29.3 Å². The van der Waals surface area contributed by atoms with Gasteiger partial charge in [0.2, 0.25) is 12.7 Å². The number of piperidine rings is 2. The Bertz CT molecular complexity index is 909. The van der Waals surface area contributed by atoms with E-state index in [0.717, 1.165) is 25.9 Å². The fourth-order valence-corrected chi connectivity index (χ4v) is 4.46. The minimum absolute atomic E-state index is 0.0993. The van der Waals surface area contributed by atoms with Crippen LogP contribution in [0, 0.1) is 0 Å². The topological polar surface area (TPSA) is 146 Å². The van der Waals surface area contributed by atoms with Crippen molar-refractivity contribution in [3.05, 3.63) is 17.7 Å². The number of anilines is 1. The van der Waals surface area contributed by atoms with Gasteiger partial charge in [0.05, 0.1) is 12.2 Å². The van der Waals surface area contributed by atoms with Crippen LogP contribution in [0.15, 0.2) is 12.1 Å². The lowest BCUT2D eigenvalue weighted by atomic mass is 10.00. The number of carboxylic acids is 2. The van der Waals surface area contributed by atoms with Crippen molar-refractivity contribution < 1.29 is 38.9 Å². The molecule has 1 aromatic rings. The smallest absolute Gasteiger partial charge is 0.414 e. The van der Waals surface area contributed by atoms with Crippen LogP contribution in [0.5, 0.6) is 11.5 Å². The molecule has 11 heteroatoms. The second-order valence-corrected chi connectivity index (χ2v) is 8.57. The van der Waals surface area contributed by atoms with Crippen LogP contribution in [0.1, 0.15) is 49.4 Å². The van der Waals surface area contributed by atoms with Crippen LogP contribution >= 0.6 is 0 Å². The molecule has 3 aliphatic heterocycles. The molecule has 1 aromatic carbocycles. The van der Waals surface area contributed by atoms with E-state index in [1.54, 1.807) is 12.1 Å². The van der Waals surface area contributed by atoms with Gasteiger partial charge in [-0.2, -0.15) is 0 Å². The lowest BCUT2D eigenvalue weighted by molar-refractivity contribution is -0.159. The summed E-state index contributed by atoms with van der Waals surface area (Å²) in [7, 11) is 0. The first-order valence-corrected chi connectivity index (χ1v) is 11.4. The van der Waals surface area contributed by atoms with Gasteiger partial charge >= 0.3 is 11.9 Å². The van der Waals surface area contributed by atoms with E-state index in [9.17, 15) is 9.59 Å². The summed E-state index contributed by atoms with van der Waals surface area (Å²) in [6.07, 6.45) is 6.23. The standard InChI is InChI=1S/C21H29N3O4.C2H2O4/c1-15(25)17-11-19-20(28-14-27-19)12-18(17)22-21(26)13-23-9-5-16(6-10-23)24-7-3-2-4-8-24;3-1(4)2(5)6/h11-12,16H,2-10,13-14H2,1H3,(H,22,26);(H,3,4)(H,5,6). The molecular weight excluding hydrogens is 446 g/mol. The van der Waals surface area contributed by atoms with Crippen molar-refractivity contribution in [3.63, 3.8) is 0 Å². The van der Waals surface area contributed by atoms with Gasteiger partial charge in [-0.25, -0.2) is 9.59 Å². The maximum absolute atomic E-state index is 12.6. The molecule has 3 heterocycles. The summed E-state index contributed by atoms with van der Waals surface area (Å²) in [6, 6.07) is 3.99. The predicted molar refractivity (Wildman–Crippen MR) is 121 cm³/mol. The molecule has 2 fully saturated rings. The van der Waals surface area contributed by atoms with Gasteiger partial charge in [-0.1, -0.05) is 6.42 Å². The van der Waals surface area contributed by atoms with Crippen LogP contribution in [0.4, 0.5) is 5.69 Å². The molecule has 2 saturated heterocycles. The molecule has 4 rings (SSSR count). The number of ketones is 1. The molecule has 3 aliphatic rings. The van der Waals surface area contributed by atoms with E-state index < -0.39 is 11.9 Å². The number of hydrogen-bond donors (Lipinski definition) is 3. The molecule has 0 radical (unpaired) electrons. The van der Waals surface area contributed by atoms with E-state index in [-0.39, 0.29) is 18.5 Å². The van der Waals surface area contributed by atoms with E-state index in [1.807, 2.05) is 0 Å². The first-order valence-electron chi connectivity index (χ1n) is 11.4. The van der Waals surface area contributed by atoms with Gasteiger partial charge in [0.25, 0.3) is 0 Å². The number of rotatable bonds is 5. The molecule has 186 valence electrons. The summed E-state index contributed by atoms with van der Waals surface area (Å²) < 4.78 is 10.7. The zero-order valence-corrected chi connectivity index (χ0v) is 19.2. The number of aliphatic carboxylic acids is 2. The highest BCUT2D eigenvalue weighted by Crippen LogP contribution is 2.37. The van der Waals surface area contributed by atoms with Gasteiger partial charge in [0.1, 0.15) is 0 Å². The zero-order chi connectivity index (χ0) is 24.7. The van der Waals surface area contributed by atoms with Gasteiger partial charge in [0, 0.05) is 30.8 Å². The number of likely N-dealkylation sites (tertiary alicyclic amines) is 2. The minimum atomic E-state index is -1.82. The maximum atomic E-state index is 12.6. The molecule has 0 atom stereocenters. The van der Waals surface area contributed by atoms with Crippen LogP contribution in [0.3, 0.4) is 0 Å². The molecule has 1 amide bonds. The molecule has 0 aliphatic carbocycles. The number of Topliss-reactive ketones (excluding diaryl/α,β-unsaturated/α-hetero) is 1. The zero-order valence-electron chi connectivity index (χ0n) is 19.2. The van der Waals surface area contributed by atoms with Gasteiger partial charge in [0.15, 0.2) is 17.3 Å². The maximum Gasteiger partial charge on any atom is 0.414 e. The van der Waals surface area contributed by atoms with Crippen molar-refractivity contribution in [2.24, 2.45) is 0 Å². The first kappa shape index (κ1) is 25.4. The molecular formula is C23H31N3O8. The SMILES string of the molecule is CC(=O)c1cc2c(cc1NC(=O)CN1CCC(N3CCCCC3)CC1)OCO2.O=C(O)C(=O)O. The first-order chi connectivity index (χ1) is 16.2. The number of hydrogen-bond acceptors (Lipinski definition) is 8. The number of amides is 1. The van der Waals surface area contributed by atoms with Crippen LogP contribution < -0.4 is 14.8 Å². The second-order valence-electron chi connectivity index (χ2n) is 8.57. The molecule has 0 saturated carbocycles. The average Bonchev–Trinajstić information content (AvgIpc) is 3.27. The predicted octanol–water partition coefficient (Wildman–Crippen LogP) is 1.66. The molecule has 0 bridgehead atoms. The van der Waals surface area contributed by atoms with E-state index in [0.29, 0.717) is 35.3 Å². The largest absolute Gasteiger partial charge is 0.473 e. The Hall–Kier alpha value is -3.18. The number of nitrogens with one attached hydrogen (secondary N) is 1. The fourth-order valence-electron chi connectivity index (χ4n) is 4.46. The van der Waals surface area contributed by atoms with Crippen molar-refractivity contribution in [1.29, 1.82) is 0 Å². The third-order valence-electron chi connectivity index (χ3n) is 6.18. The third-order valence-corrected chi connectivity index (χ3v) is 6.18. The number of benzene rings is 1. The summed E-state index contributed by atoms with van der Waals surface area (Å²) in [5.74, 6) is -2.76. The van der Waals surface area contributed by atoms with Crippen molar-refractivity contribution in [2.45, 2.75) is 45.1 Å². The lowest BCUT2D eigenvalue weighted by Crippen LogP contribution is -2.48. The van der Waals surface area contributed by atoms with E-state index >= 15 is 0 Å². The number of fused-ring (bicyclic) bond motifs is 1. The van der Waals surface area contributed by atoms with Gasteiger partial charge in [-0.15, -0.1) is 0 Å². The lowest BCUT2D eigenvalue weighted by Gasteiger charge is -2.40. The molecule has 34 heavy (non-hydrogen) atoms. The third kappa shape index (κ3) is 6.91. The highest BCUT2D eigenvalue weighted by Gasteiger charge is 2.27. The van der Waals surface area contributed by atoms with Crippen molar-refractivity contribution in [3.8, 4) is 11.5 Å². The Morgan fingerprint density at radius 2 is 1.53 bits per heavy atom. The van der Waals surface area contributed by atoms with Crippen molar-refractivity contribution in [1.82, 2.24) is 9.80 Å². The average molecular weight is 478 g/mol. The Labute approximate surface area is 197 Å². The number of carbonyl (C=O) groups excluding carboxylic acids is 2. The summed E-state index contributed by atoms with van der Waals surface area (Å²) in [5.41, 5.74) is 0.936. The number of ether oxygens (including phenoxy) is 2. The highest BCUT2D eigenvalue weighted by atomic mass is 16.7. The molecule has 0 aromatic heterocycles.